The molecule has 34 heavy (non-hydrogen) atoms. The van der Waals surface area contributed by atoms with E-state index in [1.807, 2.05) is 0 Å². The fourth-order valence-electron chi connectivity index (χ4n) is 6.04. The van der Waals surface area contributed by atoms with Crippen LogP contribution in [0.3, 0.4) is 0 Å². The summed E-state index contributed by atoms with van der Waals surface area (Å²) in [6, 6.07) is 2.97. The van der Waals surface area contributed by atoms with Crippen molar-refractivity contribution in [2.24, 2.45) is 21.7 Å². The van der Waals surface area contributed by atoms with Crippen molar-refractivity contribution in [1.82, 2.24) is 20.0 Å². The zero-order valence-electron chi connectivity index (χ0n) is 18.9. The van der Waals surface area contributed by atoms with Gasteiger partial charge in [-0.05, 0) is 55.2 Å². The van der Waals surface area contributed by atoms with Gasteiger partial charge in [0.1, 0.15) is 11.6 Å². The molecule has 2 aromatic rings. The van der Waals surface area contributed by atoms with Gasteiger partial charge in [-0.25, -0.2) is 13.8 Å². The Labute approximate surface area is 196 Å². The number of carbonyl (C=O) groups excluding carboxylic acids is 2. The average molecular weight is 471 g/mol. The second-order valence-corrected chi connectivity index (χ2v) is 10.1. The molecule has 0 radical (unpaired) electrons. The van der Waals surface area contributed by atoms with Crippen molar-refractivity contribution in [3.8, 4) is 0 Å². The van der Waals surface area contributed by atoms with Gasteiger partial charge in [0, 0.05) is 25.2 Å². The van der Waals surface area contributed by atoms with Crippen LogP contribution in [-0.2, 0) is 11.3 Å². The number of carbonyl (C=O) groups is 2. The zero-order valence-corrected chi connectivity index (χ0v) is 18.9. The predicted octanol–water partition coefficient (Wildman–Crippen LogP) is 3.74. The monoisotopic (exact) mass is 470 g/mol. The van der Waals surface area contributed by atoms with Crippen LogP contribution in [0.1, 0.15) is 79.9 Å². The maximum Gasteiger partial charge on any atom is 0.270 e. The summed E-state index contributed by atoms with van der Waals surface area (Å²) in [5.41, 5.74) is 5.72. The topological polar surface area (TPSA) is 106 Å². The Morgan fingerprint density at radius 3 is 2.44 bits per heavy atom. The van der Waals surface area contributed by atoms with Gasteiger partial charge in [0.25, 0.3) is 5.91 Å². The van der Waals surface area contributed by atoms with E-state index in [4.69, 9.17) is 5.73 Å². The third-order valence-electron chi connectivity index (χ3n) is 7.54. The van der Waals surface area contributed by atoms with Crippen molar-refractivity contribution in [3.63, 3.8) is 0 Å². The Balaban J connectivity index is 1.05. The van der Waals surface area contributed by atoms with Gasteiger partial charge in [0.2, 0.25) is 5.91 Å². The standard InChI is InChI=1S/C24H28F2N6O2/c25-17-9-16(10-18(26)11-17)20-5-7-28-32(20)22(34)24-13-23(14-24,15-24)6-3-1-2-4-8-31-12-19(21(27)33)29-30-31/h7,9-12,20H,1-6,8,13-15H2,(H2,27,33). The first-order valence-corrected chi connectivity index (χ1v) is 11.8. The highest BCUT2D eigenvalue weighted by Crippen LogP contribution is 2.76. The molecule has 180 valence electrons. The number of amides is 2. The first-order chi connectivity index (χ1) is 16.3. The van der Waals surface area contributed by atoms with Crippen molar-refractivity contribution in [1.29, 1.82) is 0 Å². The molecule has 0 spiro atoms. The van der Waals surface area contributed by atoms with Gasteiger partial charge in [-0.15, -0.1) is 5.10 Å². The Bertz CT molecular complexity index is 1110. The summed E-state index contributed by atoms with van der Waals surface area (Å²) >= 11 is 0. The molecular formula is C24H28F2N6O2. The molecule has 2 bridgehead atoms. The number of unbranched alkanes of at least 4 members (excludes halogenated alkanes) is 3. The molecule has 1 atom stereocenters. The molecule has 4 aliphatic rings. The minimum atomic E-state index is -0.643. The number of aryl methyl sites for hydroxylation is 1. The predicted molar refractivity (Wildman–Crippen MR) is 119 cm³/mol. The average Bonchev–Trinajstić information content (AvgIpc) is 3.39. The summed E-state index contributed by atoms with van der Waals surface area (Å²) in [4.78, 5) is 24.3. The first-order valence-electron chi connectivity index (χ1n) is 11.8. The lowest BCUT2D eigenvalue weighted by atomic mass is 9.33. The van der Waals surface area contributed by atoms with Gasteiger partial charge < -0.3 is 5.73 Å². The van der Waals surface area contributed by atoms with Crippen molar-refractivity contribution in [2.75, 3.05) is 0 Å². The van der Waals surface area contributed by atoms with Crippen LogP contribution in [0.15, 0.2) is 29.5 Å². The third-order valence-corrected chi connectivity index (χ3v) is 7.54. The molecule has 1 aromatic heterocycles. The molecule has 2 heterocycles. The van der Waals surface area contributed by atoms with Gasteiger partial charge in [0.15, 0.2) is 5.69 Å². The van der Waals surface area contributed by atoms with E-state index in [-0.39, 0.29) is 22.4 Å². The fraction of sp³-hybridized carbons (Fsp3) is 0.542. The molecule has 3 saturated carbocycles. The summed E-state index contributed by atoms with van der Waals surface area (Å²) in [6.45, 7) is 0.704. The van der Waals surface area contributed by atoms with Gasteiger partial charge >= 0.3 is 0 Å². The largest absolute Gasteiger partial charge is 0.364 e. The Kier molecular flexibility index (Phi) is 5.69. The Morgan fingerprint density at radius 2 is 1.76 bits per heavy atom. The highest BCUT2D eigenvalue weighted by atomic mass is 19.1. The summed E-state index contributed by atoms with van der Waals surface area (Å²) in [6.07, 6.45) is 11.7. The van der Waals surface area contributed by atoms with E-state index in [0.29, 0.717) is 18.5 Å². The fourth-order valence-corrected chi connectivity index (χ4v) is 6.04. The van der Waals surface area contributed by atoms with Crippen molar-refractivity contribution < 1.29 is 18.4 Å². The molecule has 6 rings (SSSR count). The number of rotatable bonds is 10. The van der Waals surface area contributed by atoms with Gasteiger partial charge in [-0.2, -0.15) is 5.10 Å². The quantitative estimate of drug-likeness (QED) is 0.534. The number of nitrogens with zero attached hydrogens (tertiary/aromatic N) is 5. The number of halogens is 2. The van der Waals surface area contributed by atoms with Crippen LogP contribution in [0.25, 0.3) is 0 Å². The van der Waals surface area contributed by atoms with E-state index in [1.165, 1.54) is 17.1 Å². The molecule has 2 N–H and O–H groups in total. The zero-order chi connectivity index (χ0) is 23.9. The van der Waals surface area contributed by atoms with E-state index < -0.39 is 23.6 Å². The molecule has 10 heteroatoms. The SMILES string of the molecule is NC(=O)c1cn(CCCCCCC23CC(C(=O)N4N=CCC4c4cc(F)cc(F)c4)(C2)C3)nn1. The van der Waals surface area contributed by atoms with Gasteiger partial charge in [0.05, 0.1) is 17.7 Å². The van der Waals surface area contributed by atoms with Crippen LogP contribution in [0.5, 0.6) is 0 Å². The maximum absolute atomic E-state index is 13.7. The lowest BCUT2D eigenvalue weighted by molar-refractivity contribution is -0.220. The smallest absolute Gasteiger partial charge is 0.270 e. The minimum Gasteiger partial charge on any atom is -0.364 e. The number of nitrogens with two attached hydrogens (primary N) is 1. The van der Waals surface area contributed by atoms with Crippen LogP contribution in [-0.4, -0.2) is 38.0 Å². The summed E-state index contributed by atoms with van der Waals surface area (Å²) in [5, 5.41) is 13.3. The molecule has 2 amide bonds. The minimum absolute atomic E-state index is 0.0130. The van der Waals surface area contributed by atoms with Crippen molar-refractivity contribution in [3.05, 3.63) is 47.3 Å². The number of aromatic nitrogens is 3. The van der Waals surface area contributed by atoms with Crippen molar-refractivity contribution >= 4 is 18.0 Å². The van der Waals surface area contributed by atoms with Crippen LogP contribution < -0.4 is 5.73 Å². The van der Waals surface area contributed by atoms with E-state index >= 15 is 0 Å². The Morgan fingerprint density at radius 1 is 1.06 bits per heavy atom. The second kappa shape index (κ2) is 8.56. The molecule has 8 nitrogen and oxygen atoms in total. The number of primary amides is 1. The second-order valence-electron chi connectivity index (χ2n) is 10.1. The lowest BCUT2D eigenvalue weighted by Gasteiger charge is -2.70. The molecule has 0 saturated heterocycles. The molecule has 1 aromatic carbocycles. The molecule has 3 fully saturated rings. The summed E-state index contributed by atoms with van der Waals surface area (Å²) < 4.78 is 29.0. The van der Waals surface area contributed by atoms with E-state index in [9.17, 15) is 18.4 Å². The molecule has 1 unspecified atom stereocenters. The molecule has 3 aliphatic carbocycles. The third kappa shape index (κ3) is 4.10. The highest BCUT2D eigenvalue weighted by molar-refractivity contribution is 5.90. The summed E-state index contributed by atoms with van der Waals surface area (Å²) in [7, 11) is 0. The lowest BCUT2D eigenvalue weighted by Crippen LogP contribution is -2.67. The number of hydrazone groups is 1. The summed E-state index contributed by atoms with van der Waals surface area (Å²) in [5.74, 6) is -1.87. The number of hydrogen-bond acceptors (Lipinski definition) is 5. The van der Waals surface area contributed by atoms with Gasteiger partial charge in [-0.3, -0.25) is 14.3 Å². The van der Waals surface area contributed by atoms with Crippen LogP contribution >= 0.6 is 0 Å². The Hall–Kier alpha value is -3.17. The first kappa shape index (κ1) is 22.6. The van der Waals surface area contributed by atoms with Crippen LogP contribution in [0, 0.1) is 22.5 Å². The van der Waals surface area contributed by atoms with Gasteiger partial charge in [-0.1, -0.05) is 24.5 Å². The van der Waals surface area contributed by atoms with Crippen LogP contribution in [0.2, 0.25) is 0 Å². The van der Waals surface area contributed by atoms with Crippen molar-refractivity contribution in [2.45, 2.75) is 70.4 Å². The van der Waals surface area contributed by atoms with E-state index in [1.54, 1.807) is 17.1 Å². The number of hydrogen-bond donors (Lipinski definition) is 1. The number of benzene rings is 1. The van der Waals surface area contributed by atoms with E-state index in [2.05, 4.69) is 15.4 Å². The highest BCUT2D eigenvalue weighted by Gasteiger charge is 2.71. The molecular weight excluding hydrogens is 442 g/mol. The van der Waals surface area contributed by atoms with E-state index in [0.717, 1.165) is 57.4 Å². The molecule has 1 aliphatic heterocycles. The normalized spacial score (nSPS) is 26.9. The van der Waals surface area contributed by atoms with Crippen LogP contribution in [0.4, 0.5) is 8.78 Å². The maximum atomic E-state index is 13.7.